The van der Waals surface area contributed by atoms with Crippen molar-refractivity contribution in [3.8, 4) is 0 Å². The maximum absolute atomic E-state index is 4.51. The Balaban J connectivity index is 3.13. The van der Waals surface area contributed by atoms with Gasteiger partial charge in [0.25, 0.3) is 0 Å². The van der Waals surface area contributed by atoms with E-state index in [4.69, 9.17) is 0 Å². The Hall–Kier alpha value is -0.150. The van der Waals surface area contributed by atoms with Gasteiger partial charge in [-0.1, -0.05) is 26.1 Å². The summed E-state index contributed by atoms with van der Waals surface area (Å²) in [6.45, 7) is 8.73. The van der Waals surface area contributed by atoms with Gasteiger partial charge in [0.15, 0.2) is 0 Å². The first-order chi connectivity index (χ1) is 5.35. The Morgan fingerprint density at radius 1 is 1.36 bits per heavy atom. The van der Waals surface area contributed by atoms with Crippen LogP contribution in [-0.4, -0.2) is 36.6 Å². The van der Waals surface area contributed by atoms with Crippen LogP contribution in [0.2, 0.25) is 0 Å². The van der Waals surface area contributed by atoms with Gasteiger partial charge in [0.05, 0.1) is 0 Å². The summed E-state index contributed by atoms with van der Waals surface area (Å²) in [6.07, 6.45) is 1.14. The van der Waals surface area contributed by atoms with E-state index in [2.05, 4.69) is 41.8 Å². The topological polar surface area (TPSA) is 15.3 Å². The zero-order valence-electron chi connectivity index (χ0n) is 7.39. The number of hydrogen-bond donors (Lipinski definition) is 1. The van der Waals surface area contributed by atoms with Crippen molar-refractivity contribution in [2.24, 2.45) is 0 Å². The lowest BCUT2D eigenvalue weighted by Crippen LogP contribution is -2.26. The number of rotatable bonds is 7. The van der Waals surface area contributed by atoms with Crippen LogP contribution in [0.25, 0.3) is 0 Å². The highest BCUT2D eigenvalue weighted by Gasteiger charge is 1.96. The third-order valence-corrected chi connectivity index (χ3v) is 1.89. The molecule has 0 saturated heterocycles. The Morgan fingerprint density at radius 2 is 2.00 bits per heavy atom. The van der Waals surface area contributed by atoms with Gasteiger partial charge in [0, 0.05) is 6.54 Å². The summed E-state index contributed by atoms with van der Waals surface area (Å²) in [7, 11) is 0. The average molecular weight is 173 g/mol. The average Bonchev–Trinajstić information content (AvgIpc) is 2.05. The molecule has 0 spiro atoms. The number of nitrogens with zero attached hydrogens (tertiary/aromatic N) is 1. The van der Waals surface area contributed by atoms with Crippen LogP contribution in [0.1, 0.15) is 20.3 Å². The third kappa shape index (κ3) is 6.26. The summed E-state index contributed by atoms with van der Waals surface area (Å²) in [6, 6.07) is 0. The van der Waals surface area contributed by atoms with E-state index in [9.17, 15) is 0 Å². The van der Waals surface area contributed by atoms with Crippen LogP contribution >= 0.6 is 12.2 Å². The second-order valence-electron chi connectivity index (χ2n) is 2.41. The predicted octanol–water partition coefficient (Wildman–Crippen LogP) is 1.14. The molecule has 65 valence electrons. The van der Waals surface area contributed by atoms with Crippen LogP contribution in [0.5, 0.6) is 0 Å². The summed E-state index contributed by atoms with van der Waals surface area (Å²) < 4.78 is 0. The van der Waals surface area contributed by atoms with Gasteiger partial charge in [0.1, 0.15) is 5.49 Å². The quantitative estimate of drug-likeness (QED) is 0.353. The molecule has 0 unspecified atom stereocenters. The SMILES string of the molecule is CCN(CC)CCCN[C]=S. The van der Waals surface area contributed by atoms with Crippen molar-refractivity contribution in [1.29, 1.82) is 0 Å². The van der Waals surface area contributed by atoms with Crippen molar-refractivity contribution < 1.29 is 0 Å². The van der Waals surface area contributed by atoms with Crippen LogP contribution in [0.3, 0.4) is 0 Å². The summed E-state index contributed by atoms with van der Waals surface area (Å²) in [4.78, 5) is 2.39. The van der Waals surface area contributed by atoms with Crippen molar-refractivity contribution in [2.45, 2.75) is 20.3 Å². The lowest BCUT2D eigenvalue weighted by molar-refractivity contribution is 0.300. The highest BCUT2D eigenvalue weighted by molar-refractivity contribution is 7.78. The van der Waals surface area contributed by atoms with E-state index in [-0.39, 0.29) is 0 Å². The minimum Gasteiger partial charge on any atom is -0.374 e. The van der Waals surface area contributed by atoms with Crippen LogP contribution in [0, 0.1) is 0 Å². The van der Waals surface area contributed by atoms with E-state index in [1.54, 1.807) is 0 Å². The largest absolute Gasteiger partial charge is 0.374 e. The number of nitrogens with one attached hydrogen (secondary N) is 1. The molecule has 0 aliphatic carbocycles. The molecule has 0 heterocycles. The highest BCUT2D eigenvalue weighted by Crippen LogP contribution is 1.88. The molecule has 0 aromatic heterocycles. The van der Waals surface area contributed by atoms with Crippen LogP contribution in [-0.2, 0) is 0 Å². The smallest absolute Gasteiger partial charge is 0.134 e. The molecule has 3 heteroatoms. The van der Waals surface area contributed by atoms with Crippen molar-refractivity contribution in [3.63, 3.8) is 0 Å². The van der Waals surface area contributed by atoms with Gasteiger partial charge >= 0.3 is 0 Å². The van der Waals surface area contributed by atoms with Crippen molar-refractivity contribution in [1.82, 2.24) is 10.2 Å². The zero-order chi connectivity index (χ0) is 8.53. The van der Waals surface area contributed by atoms with Crippen LogP contribution in [0.4, 0.5) is 0 Å². The molecule has 0 rings (SSSR count). The van der Waals surface area contributed by atoms with Gasteiger partial charge in [-0.15, -0.1) is 0 Å². The normalized spacial score (nSPS) is 10.1. The van der Waals surface area contributed by atoms with E-state index in [1.165, 1.54) is 0 Å². The van der Waals surface area contributed by atoms with Crippen molar-refractivity contribution in [3.05, 3.63) is 0 Å². The fraction of sp³-hybridized carbons (Fsp3) is 0.875. The Labute approximate surface area is 75.0 Å². The number of hydrogen-bond acceptors (Lipinski definition) is 2. The molecule has 11 heavy (non-hydrogen) atoms. The molecule has 0 bridgehead atoms. The van der Waals surface area contributed by atoms with Crippen molar-refractivity contribution >= 4 is 17.7 Å². The maximum Gasteiger partial charge on any atom is 0.134 e. The molecule has 0 aromatic carbocycles. The molecule has 0 saturated carbocycles. The first-order valence-electron chi connectivity index (χ1n) is 4.17. The predicted molar refractivity (Wildman–Crippen MR) is 53.0 cm³/mol. The van der Waals surface area contributed by atoms with E-state index >= 15 is 0 Å². The summed E-state index contributed by atoms with van der Waals surface area (Å²) >= 11 is 4.51. The Bertz CT molecular complexity index is 92.1. The van der Waals surface area contributed by atoms with Crippen LogP contribution < -0.4 is 5.32 Å². The molecular formula is C8H17N2S. The second-order valence-corrected chi connectivity index (χ2v) is 2.61. The fourth-order valence-electron chi connectivity index (χ4n) is 0.982. The molecule has 2 nitrogen and oxygen atoms in total. The van der Waals surface area contributed by atoms with Crippen molar-refractivity contribution in [2.75, 3.05) is 26.2 Å². The summed E-state index contributed by atoms with van der Waals surface area (Å²) in [5, 5.41) is 2.89. The molecule has 0 aromatic rings. The van der Waals surface area contributed by atoms with Gasteiger partial charge in [-0.25, -0.2) is 0 Å². The molecule has 0 atom stereocenters. The van der Waals surface area contributed by atoms with Crippen LogP contribution in [0.15, 0.2) is 0 Å². The molecular weight excluding hydrogens is 156 g/mol. The summed E-state index contributed by atoms with van der Waals surface area (Å²) in [5.74, 6) is 0. The molecule has 1 N–H and O–H groups in total. The Kier molecular flexibility index (Phi) is 7.84. The molecule has 0 amide bonds. The van der Waals surface area contributed by atoms with E-state index in [0.29, 0.717) is 0 Å². The second kappa shape index (κ2) is 7.95. The molecule has 0 fully saturated rings. The third-order valence-electron chi connectivity index (χ3n) is 1.74. The van der Waals surface area contributed by atoms with Gasteiger partial charge < -0.3 is 10.2 Å². The minimum absolute atomic E-state index is 0.944. The molecule has 1 radical (unpaired) electrons. The van der Waals surface area contributed by atoms with E-state index in [1.807, 2.05) is 0 Å². The zero-order valence-corrected chi connectivity index (χ0v) is 8.21. The monoisotopic (exact) mass is 173 g/mol. The van der Waals surface area contributed by atoms with E-state index in [0.717, 1.165) is 32.6 Å². The summed E-state index contributed by atoms with van der Waals surface area (Å²) in [5.41, 5.74) is 2.49. The standard InChI is InChI=1S/C8H17N2S/c1-3-10(4-2)7-5-6-9-8-11/h3-7H2,1-2H3,(H,9,11). The van der Waals surface area contributed by atoms with E-state index < -0.39 is 0 Å². The fourth-order valence-corrected chi connectivity index (χ4v) is 1.08. The lowest BCUT2D eigenvalue weighted by atomic mass is 10.4. The first-order valence-corrected chi connectivity index (χ1v) is 4.58. The highest BCUT2D eigenvalue weighted by atomic mass is 32.1. The minimum atomic E-state index is 0.944. The van der Waals surface area contributed by atoms with Gasteiger partial charge in [-0.3, -0.25) is 0 Å². The number of thiocarbonyl (C=S) groups is 1. The Morgan fingerprint density at radius 3 is 2.45 bits per heavy atom. The molecule has 0 aliphatic rings. The molecule has 0 aliphatic heterocycles. The first kappa shape index (κ1) is 10.8. The van der Waals surface area contributed by atoms with Gasteiger partial charge in [-0.2, -0.15) is 0 Å². The van der Waals surface area contributed by atoms with Gasteiger partial charge in [-0.05, 0) is 26.1 Å². The lowest BCUT2D eigenvalue weighted by Gasteiger charge is -2.17. The maximum atomic E-state index is 4.51. The van der Waals surface area contributed by atoms with Gasteiger partial charge in [0.2, 0.25) is 0 Å².